The van der Waals surface area contributed by atoms with Gasteiger partial charge in [-0.2, -0.15) is 5.26 Å². The minimum atomic E-state index is -0.442. The van der Waals surface area contributed by atoms with Crippen molar-refractivity contribution in [2.75, 3.05) is 0 Å². The van der Waals surface area contributed by atoms with E-state index in [1.165, 1.54) is 19.3 Å². The van der Waals surface area contributed by atoms with Gasteiger partial charge in [0.05, 0.1) is 6.07 Å². The van der Waals surface area contributed by atoms with E-state index in [4.69, 9.17) is 11.0 Å². The van der Waals surface area contributed by atoms with Gasteiger partial charge in [0.25, 0.3) is 0 Å². The van der Waals surface area contributed by atoms with E-state index in [1.54, 1.807) is 0 Å². The largest absolute Gasteiger partial charge is 0.313 e. The normalized spacial score (nSPS) is 51.2. The molecule has 2 saturated carbocycles. The second-order valence-electron chi connectivity index (χ2n) is 3.73. The summed E-state index contributed by atoms with van der Waals surface area (Å²) in [5.41, 5.74) is 5.44. The number of nitrogens with two attached hydrogens (primary N) is 1. The first-order valence-corrected chi connectivity index (χ1v) is 3.95. The maximum atomic E-state index is 8.77. The number of fused-ring (bicyclic) bond motifs is 2. The minimum absolute atomic E-state index is 0.442. The molecule has 0 aliphatic heterocycles. The Kier molecular flexibility index (Phi) is 1.07. The third-order valence-electron chi connectivity index (χ3n) is 3.10. The summed E-state index contributed by atoms with van der Waals surface area (Å²) in [6, 6.07) is 2.25. The summed E-state index contributed by atoms with van der Waals surface area (Å²) in [7, 11) is 0. The third kappa shape index (κ3) is 0.615. The van der Waals surface area contributed by atoms with Crippen LogP contribution in [0.3, 0.4) is 0 Å². The Morgan fingerprint density at radius 1 is 1.50 bits per heavy atom. The molecule has 0 saturated heterocycles. The summed E-state index contributed by atoms with van der Waals surface area (Å²) in [4.78, 5) is 0. The molecule has 2 rings (SSSR count). The average molecular weight is 136 g/mol. The van der Waals surface area contributed by atoms with Crippen molar-refractivity contribution in [3.8, 4) is 6.07 Å². The van der Waals surface area contributed by atoms with E-state index in [1.807, 2.05) is 0 Å². The van der Waals surface area contributed by atoms with Gasteiger partial charge in [-0.3, -0.25) is 0 Å². The maximum Gasteiger partial charge on any atom is 0.107 e. The Balaban J connectivity index is 2.24. The van der Waals surface area contributed by atoms with E-state index in [-0.39, 0.29) is 0 Å². The molecule has 0 aromatic rings. The first kappa shape index (κ1) is 6.18. The predicted octanol–water partition coefficient (Wildman–Crippen LogP) is 1.03. The lowest BCUT2D eigenvalue weighted by Crippen LogP contribution is -2.43. The number of nitrogens with zero attached hydrogens (tertiary/aromatic N) is 1. The Morgan fingerprint density at radius 2 is 2.30 bits per heavy atom. The lowest BCUT2D eigenvalue weighted by atomic mass is 9.83. The van der Waals surface area contributed by atoms with E-state index in [0.717, 1.165) is 12.3 Å². The van der Waals surface area contributed by atoms with Crippen LogP contribution in [-0.4, -0.2) is 5.54 Å². The van der Waals surface area contributed by atoms with Gasteiger partial charge in [0.15, 0.2) is 0 Å². The smallest absolute Gasteiger partial charge is 0.107 e. The van der Waals surface area contributed by atoms with Crippen LogP contribution in [0.25, 0.3) is 0 Å². The van der Waals surface area contributed by atoms with E-state index in [2.05, 4.69) is 6.07 Å². The van der Waals surface area contributed by atoms with Crippen molar-refractivity contribution >= 4 is 0 Å². The van der Waals surface area contributed by atoms with Crippen molar-refractivity contribution in [2.24, 2.45) is 17.6 Å². The van der Waals surface area contributed by atoms with Crippen LogP contribution in [0.5, 0.6) is 0 Å². The van der Waals surface area contributed by atoms with Gasteiger partial charge in [0.2, 0.25) is 0 Å². The number of nitriles is 1. The molecular formula is C8H12N2. The molecule has 0 aromatic heterocycles. The minimum Gasteiger partial charge on any atom is -0.313 e. The molecule has 2 aliphatic rings. The molecule has 2 N–H and O–H groups in total. The van der Waals surface area contributed by atoms with Crippen molar-refractivity contribution in [2.45, 2.75) is 31.2 Å². The standard InChI is InChI=1S/C8H12N2/c9-5-8(10)4-6-1-2-7(8)3-6/h6-7H,1-4,10H2/t6-,7-,8+/m0/s1. The van der Waals surface area contributed by atoms with Crippen molar-refractivity contribution < 1.29 is 0 Å². The van der Waals surface area contributed by atoms with Crippen molar-refractivity contribution in [1.29, 1.82) is 5.26 Å². The highest BCUT2D eigenvalue weighted by atomic mass is 14.8. The molecule has 10 heavy (non-hydrogen) atoms. The lowest BCUT2D eigenvalue weighted by Gasteiger charge is -2.25. The highest BCUT2D eigenvalue weighted by Gasteiger charge is 2.48. The van der Waals surface area contributed by atoms with Crippen molar-refractivity contribution in [3.05, 3.63) is 0 Å². The second kappa shape index (κ2) is 1.73. The summed E-state index contributed by atoms with van der Waals surface area (Å²) < 4.78 is 0. The molecular weight excluding hydrogens is 124 g/mol. The zero-order chi connectivity index (χ0) is 7.19. The van der Waals surface area contributed by atoms with Crippen LogP contribution in [0.4, 0.5) is 0 Å². The van der Waals surface area contributed by atoms with Crippen LogP contribution in [0.15, 0.2) is 0 Å². The molecule has 0 radical (unpaired) electrons. The average Bonchev–Trinajstić information content (AvgIpc) is 2.46. The fourth-order valence-electron chi connectivity index (χ4n) is 2.51. The lowest BCUT2D eigenvalue weighted by molar-refractivity contribution is 0.342. The van der Waals surface area contributed by atoms with Gasteiger partial charge >= 0.3 is 0 Å². The van der Waals surface area contributed by atoms with Gasteiger partial charge in [0.1, 0.15) is 5.54 Å². The number of hydrogen-bond acceptors (Lipinski definition) is 2. The molecule has 3 atom stereocenters. The molecule has 2 heteroatoms. The zero-order valence-electron chi connectivity index (χ0n) is 6.01. The van der Waals surface area contributed by atoms with Crippen LogP contribution in [0.2, 0.25) is 0 Å². The van der Waals surface area contributed by atoms with E-state index in [9.17, 15) is 0 Å². The Bertz CT molecular complexity index is 194. The first-order chi connectivity index (χ1) is 4.74. The summed E-state index contributed by atoms with van der Waals surface area (Å²) >= 11 is 0. The van der Waals surface area contributed by atoms with Crippen LogP contribution >= 0.6 is 0 Å². The van der Waals surface area contributed by atoms with Gasteiger partial charge in [-0.1, -0.05) is 0 Å². The highest BCUT2D eigenvalue weighted by molar-refractivity contribution is 5.16. The Morgan fingerprint density at radius 3 is 2.60 bits per heavy atom. The van der Waals surface area contributed by atoms with Crippen LogP contribution in [0, 0.1) is 23.2 Å². The molecule has 0 heterocycles. The Hall–Kier alpha value is -0.550. The van der Waals surface area contributed by atoms with E-state index < -0.39 is 5.54 Å². The molecule has 0 aromatic carbocycles. The molecule has 0 spiro atoms. The summed E-state index contributed by atoms with van der Waals surface area (Å²) in [5.74, 6) is 1.29. The first-order valence-electron chi connectivity index (χ1n) is 3.95. The van der Waals surface area contributed by atoms with Crippen molar-refractivity contribution in [3.63, 3.8) is 0 Å². The number of rotatable bonds is 0. The quantitative estimate of drug-likeness (QED) is 0.540. The maximum absolute atomic E-state index is 8.77. The van der Waals surface area contributed by atoms with E-state index >= 15 is 0 Å². The summed E-state index contributed by atoms with van der Waals surface area (Å²) in [6.45, 7) is 0. The molecule has 2 bridgehead atoms. The molecule has 2 aliphatic carbocycles. The fraction of sp³-hybridized carbons (Fsp3) is 0.875. The van der Waals surface area contributed by atoms with Crippen LogP contribution in [-0.2, 0) is 0 Å². The van der Waals surface area contributed by atoms with Gasteiger partial charge in [-0.05, 0) is 37.5 Å². The zero-order valence-corrected chi connectivity index (χ0v) is 6.01. The molecule has 0 unspecified atom stereocenters. The van der Waals surface area contributed by atoms with Crippen LogP contribution < -0.4 is 5.73 Å². The molecule has 2 fully saturated rings. The molecule has 2 nitrogen and oxygen atoms in total. The van der Waals surface area contributed by atoms with Gasteiger partial charge in [-0.25, -0.2) is 0 Å². The fourth-order valence-corrected chi connectivity index (χ4v) is 2.51. The third-order valence-corrected chi connectivity index (χ3v) is 3.10. The highest BCUT2D eigenvalue weighted by Crippen LogP contribution is 2.49. The number of hydrogen-bond donors (Lipinski definition) is 1. The SMILES string of the molecule is N#C[C@]1(N)C[C@H]2CC[C@H]1C2. The summed E-state index contributed by atoms with van der Waals surface area (Å²) in [5, 5.41) is 8.77. The molecule has 0 amide bonds. The second-order valence-corrected chi connectivity index (χ2v) is 3.73. The monoisotopic (exact) mass is 136 g/mol. The molecule has 54 valence electrons. The van der Waals surface area contributed by atoms with Gasteiger partial charge in [-0.15, -0.1) is 0 Å². The van der Waals surface area contributed by atoms with Crippen LogP contribution in [0.1, 0.15) is 25.7 Å². The summed E-state index contributed by atoms with van der Waals surface area (Å²) in [6.07, 6.45) is 4.66. The van der Waals surface area contributed by atoms with Gasteiger partial charge < -0.3 is 5.73 Å². The van der Waals surface area contributed by atoms with Crippen molar-refractivity contribution in [1.82, 2.24) is 0 Å². The van der Waals surface area contributed by atoms with E-state index in [0.29, 0.717) is 5.92 Å². The Labute approximate surface area is 61.0 Å². The predicted molar refractivity (Wildman–Crippen MR) is 38.0 cm³/mol. The van der Waals surface area contributed by atoms with Gasteiger partial charge in [0, 0.05) is 0 Å². The topological polar surface area (TPSA) is 49.8 Å².